The molecule has 7 nitrogen and oxygen atoms in total. The number of aliphatic imine (C=N–C) groups is 1. The Labute approximate surface area is 192 Å². The zero-order valence-electron chi connectivity index (χ0n) is 18.9. The third-order valence-electron chi connectivity index (χ3n) is 5.92. The van der Waals surface area contributed by atoms with Crippen molar-refractivity contribution < 1.29 is 23.8 Å². The molecule has 0 bridgehead atoms. The van der Waals surface area contributed by atoms with Gasteiger partial charge in [0.2, 0.25) is 5.91 Å². The second-order valence-electron chi connectivity index (χ2n) is 7.82. The number of hydrogen-bond donors (Lipinski definition) is 0. The summed E-state index contributed by atoms with van der Waals surface area (Å²) in [4.78, 5) is 33.4. The number of carbonyl (C=O) groups excluding carboxylic acids is 2. The monoisotopic (exact) mass is 456 g/mol. The molecule has 1 aliphatic carbocycles. The summed E-state index contributed by atoms with van der Waals surface area (Å²) in [5.41, 5.74) is 3.81. The van der Waals surface area contributed by atoms with Crippen LogP contribution in [0.2, 0.25) is 0 Å². The lowest BCUT2D eigenvalue weighted by atomic mass is 9.91. The number of amides is 1. The van der Waals surface area contributed by atoms with Crippen LogP contribution in [0, 0.1) is 0 Å². The van der Waals surface area contributed by atoms with Crippen LogP contribution in [0.15, 0.2) is 23.2 Å². The van der Waals surface area contributed by atoms with Crippen LogP contribution in [0.5, 0.6) is 11.5 Å². The third-order valence-corrected chi connectivity index (χ3v) is 7.21. The molecule has 0 spiro atoms. The number of rotatable bonds is 6. The van der Waals surface area contributed by atoms with Gasteiger partial charge in [-0.1, -0.05) is 0 Å². The Hall–Kier alpha value is -2.87. The molecule has 32 heavy (non-hydrogen) atoms. The molecule has 0 radical (unpaired) electrons. The van der Waals surface area contributed by atoms with Gasteiger partial charge in [-0.3, -0.25) is 14.7 Å². The van der Waals surface area contributed by atoms with Crippen LogP contribution >= 0.6 is 11.3 Å². The summed E-state index contributed by atoms with van der Waals surface area (Å²) in [5, 5.41) is 0.786. The molecule has 4 rings (SSSR count). The Bertz CT molecular complexity index is 1070. The summed E-state index contributed by atoms with van der Waals surface area (Å²) in [6.45, 7) is 3.72. The van der Waals surface area contributed by atoms with E-state index in [0.29, 0.717) is 11.5 Å². The smallest absolute Gasteiger partial charge is 0.328 e. The van der Waals surface area contributed by atoms with Gasteiger partial charge in [-0.15, -0.1) is 11.3 Å². The molecule has 170 valence electrons. The minimum absolute atomic E-state index is 0.0381. The molecule has 1 atom stereocenters. The number of anilines is 1. The van der Waals surface area contributed by atoms with Crippen molar-refractivity contribution >= 4 is 33.9 Å². The molecular formula is C24H28N2O5S. The second-order valence-corrected chi connectivity index (χ2v) is 8.90. The molecule has 1 amide bonds. The zero-order valence-corrected chi connectivity index (χ0v) is 19.7. The molecule has 1 aliphatic heterocycles. The first-order valence-corrected chi connectivity index (χ1v) is 11.7. The van der Waals surface area contributed by atoms with E-state index in [1.165, 1.54) is 10.4 Å². The summed E-state index contributed by atoms with van der Waals surface area (Å²) in [6.07, 6.45) is 4.12. The van der Waals surface area contributed by atoms with E-state index in [1.54, 1.807) is 44.3 Å². The number of benzene rings is 1. The van der Waals surface area contributed by atoms with Crippen molar-refractivity contribution in [3.8, 4) is 11.5 Å². The average Bonchev–Trinajstić information content (AvgIpc) is 3.11. The van der Waals surface area contributed by atoms with E-state index >= 15 is 0 Å². The van der Waals surface area contributed by atoms with Gasteiger partial charge in [-0.2, -0.15) is 0 Å². The van der Waals surface area contributed by atoms with E-state index in [-0.39, 0.29) is 19.1 Å². The van der Waals surface area contributed by atoms with Gasteiger partial charge in [-0.25, -0.2) is 4.79 Å². The van der Waals surface area contributed by atoms with Gasteiger partial charge in [0, 0.05) is 16.0 Å². The fraction of sp³-hybridized carbons (Fsp3) is 0.458. The van der Waals surface area contributed by atoms with Crippen LogP contribution in [0.25, 0.3) is 0 Å². The molecular weight excluding hydrogens is 428 g/mol. The second kappa shape index (κ2) is 9.32. The lowest BCUT2D eigenvalue weighted by Gasteiger charge is -2.26. The number of ether oxygens (including phenoxy) is 3. The topological polar surface area (TPSA) is 77.4 Å². The normalized spacial score (nSPS) is 16.4. The van der Waals surface area contributed by atoms with Gasteiger partial charge in [0.05, 0.1) is 26.5 Å². The minimum atomic E-state index is -0.721. The average molecular weight is 457 g/mol. The van der Waals surface area contributed by atoms with Crippen molar-refractivity contribution in [2.45, 2.75) is 45.6 Å². The molecule has 0 saturated heterocycles. The summed E-state index contributed by atoms with van der Waals surface area (Å²) in [7, 11) is 3.20. The van der Waals surface area contributed by atoms with Gasteiger partial charge < -0.3 is 14.2 Å². The Kier molecular flexibility index (Phi) is 6.50. The number of nitrogens with zero attached hydrogens (tertiary/aromatic N) is 2. The van der Waals surface area contributed by atoms with Crippen molar-refractivity contribution in [1.82, 2.24) is 0 Å². The molecule has 1 aromatic heterocycles. The van der Waals surface area contributed by atoms with Crippen molar-refractivity contribution in [3.05, 3.63) is 39.8 Å². The molecule has 0 saturated carbocycles. The minimum Gasteiger partial charge on any atom is -0.493 e. The van der Waals surface area contributed by atoms with Gasteiger partial charge in [0.25, 0.3) is 0 Å². The first-order valence-electron chi connectivity index (χ1n) is 10.9. The molecule has 0 fully saturated rings. The number of hydrogen-bond acceptors (Lipinski definition) is 7. The fourth-order valence-corrected chi connectivity index (χ4v) is 5.85. The van der Waals surface area contributed by atoms with Crippen LogP contribution < -0.4 is 14.4 Å². The van der Waals surface area contributed by atoms with E-state index < -0.39 is 12.0 Å². The Morgan fingerprint density at radius 2 is 1.94 bits per heavy atom. The molecule has 2 aromatic rings. The van der Waals surface area contributed by atoms with Crippen molar-refractivity contribution in [2.24, 2.45) is 4.99 Å². The van der Waals surface area contributed by atoms with Crippen molar-refractivity contribution in [1.29, 1.82) is 0 Å². The quantitative estimate of drug-likeness (QED) is 0.619. The fourth-order valence-electron chi connectivity index (χ4n) is 4.36. The Morgan fingerprint density at radius 1 is 1.19 bits per heavy atom. The number of thiophene rings is 1. The van der Waals surface area contributed by atoms with Crippen LogP contribution in [0.4, 0.5) is 5.00 Å². The molecule has 1 unspecified atom stereocenters. The Balaban J connectivity index is 1.88. The summed E-state index contributed by atoms with van der Waals surface area (Å²) < 4.78 is 16.1. The maximum atomic E-state index is 13.2. The molecule has 2 heterocycles. The van der Waals surface area contributed by atoms with Gasteiger partial charge in [0.15, 0.2) is 11.5 Å². The van der Waals surface area contributed by atoms with Gasteiger partial charge in [0.1, 0.15) is 17.6 Å². The van der Waals surface area contributed by atoms with E-state index in [1.807, 2.05) is 18.2 Å². The summed E-state index contributed by atoms with van der Waals surface area (Å²) >= 11 is 1.60. The maximum Gasteiger partial charge on any atom is 0.328 e. The number of methoxy groups -OCH3 is 2. The highest BCUT2D eigenvalue weighted by Crippen LogP contribution is 2.44. The highest BCUT2D eigenvalue weighted by Gasteiger charge is 2.37. The largest absolute Gasteiger partial charge is 0.493 e. The van der Waals surface area contributed by atoms with E-state index in [9.17, 15) is 9.59 Å². The maximum absolute atomic E-state index is 13.2. The number of aryl methyl sites for hydroxylation is 1. The first kappa shape index (κ1) is 22.3. The SMILES string of the molecule is CCOC(=O)C(C)N1C(=O)CN=C(c2ccc(OC)c(OC)c2)c2c1sc1c2CCCC1. The van der Waals surface area contributed by atoms with Gasteiger partial charge >= 0.3 is 5.97 Å². The predicted octanol–water partition coefficient (Wildman–Crippen LogP) is 3.78. The number of carbonyl (C=O) groups is 2. The number of fused-ring (bicyclic) bond motifs is 3. The van der Waals surface area contributed by atoms with E-state index in [4.69, 9.17) is 19.2 Å². The lowest BCUT2D eigenvalue weighted by molar-refractivity contribution is -0.145. The highest BCUT2D eigenvalue weighted by atomic mass is 32.1. The Morgan fingerprint density at radius 3 is 2.66 bits per heavy atom. The van der Waals surface area contributed by atoms with Crippen molar-refractivity contribution in [3.63, 3.8) is 0 Å². The van der Waals surface area contributed by atoms with Crippen molar-refractivity contribution in [2.75, 3.05) is 32.3 Å². The lowest BCUT2D eigenvalue weighted by Crippen LogP contribution is -2.45. The molecule has 0 N–H and O–H groups in total. The van der Waals surface area contributed by atoms with Crippen LogP contribution in [0.3, 0.4) is 0 Å². The van der Waals surface area contributed by atoms with Crippen LogP contribution in [-0.2, 0) is 27.2 Å². The summed E-state index contributed by atoms with van der Waals surface area (Å²) in [5.74, 6) is 0.617. The van der Waals surface area contributed by atoms with E-state index in [2.05, 4.69) is 0 Å². The zero-order chi connectivity index (χ0) is 22.8. The van der Waals surface area contributed by atoms with Gasteiger partial charge in [-0.05, 0) is 63.3 Å². The van der Waals surface area contributed by atoms with Crippen LogP contribution in [-0.4, -0.2) is 51.0 Å². The number of esters is 1. The standard InChI is InChI=1S/C24H28N2O5S/c1-5-31-24(28)14(2)26-20(27)13-25-22(15-10-11-17(29-3)18(12-15)30-4)21-16-8-6-7-9-19(16)32-23(21)26/h10-12,14H,5-9,13H2,1-4H3. The molecule has 1 aromatic carbocycles. The third kappa shape index (κ3) is 3.88. The highest BCUT2D eigenvalue weighted by molar-refractivity contribution is 7.17. The van der Waals surface area contributed by atoms with Crippen LogP contribution in [0.1, 0.15) is 48.3 Å². The predicted molar refractivity (Wildman–Crippen MR) is 125 cm³/mol. The summed E-state index contributed by atoms with van der Waals surface area (Å²) in [6, 6.07) is 4.96. The molecule has 8 heteroatoms. The molecule has 2 aliphatic rings. The van der Waals surface area contributed by atoms with E-state index in [0.717, 1.165) is 47.5 Å². The first-order chi connectivity index (χ1) is 15.5.